The van der Waals surface area contributed by atoms with E-state index in [1.165, 1.54) is 5.56 Å². The summed E-state index contributed by atoms with van der Waals surface area (Å²) in [6, 6.07) is 11.7. The van der Waals surface area contributed by atoms with Gasteiger partial charge in [-0.05, 0) is 43.7 Å². The molecule has 2 heterocycles. The fourth-order valence-corrected chi connectivity index (χ4v) is 3.46. The van der Waals surface area contributed by atoms with Gasteiger partial charge in [0.25, 0.3) is 0 Å². The summed E-state index contributed by atoms with van der Waals surface area (Å²) in [5.74, 6) is 1.45. The van der Waals surface area contributed by atoms with Gasteiger partial charge >= 0.3 is 0 Å². The van der Waals surface area contributed by atoms with E-state index in [2.05, 4.69) is 29.4 Å². The second kappa shape index (κ2) is 7.52. The van der Waals surface area contributed by atoms with Crippen LogP contribution in [-0.2, 0) is 0 Å². The third-order valence-electron chi connectivity index (χ3n) is 4.44. The van der Waals surface area contributed by atoms with Crippen LogP contribution in [0.4, 0.5) is 0 Å². The van der Waals surface area contributed by atoms with Gasteiger partial charge in [-0.25, -0.2) is 4.98 Å². The maximum atomic E-state index is 6.06. The van der Waals surface area contributed by atoms with Crippen LogP contribution < -0.4 is 10.1 Å². The van der Waals surface area contributed by atoms with Crippen LogP contribution in [-0.4, -0.2) is 24.2 Å². The summed E-state index contributed by atoms with van der Waals surface area (Å²) in [4.78, 5) is 4.24. The van der Waals surface area contributed by atoms with Crippen molar-refractivity contribution in [3.63, 3.8) is 0 Å². The molecule has 122 valence electrons. The lowest BCUT2D eigenvalue weighted by Gasteiger charge is -2.36. The van der Waals surface area contributed by atoms with Crippen LogP contribution >= 0.6 is 23.2 Å². The highest BCUT2D eigenvalue weighted by atomic mass is 35.5. The maximum absolute atomic E-state index is 6.06. The monoisotopic (exact) mass is 350 g/mol. The normalized spacial score (nSPS) is 22.6. The number of halogens is 2. The smallest absolute Gasteiger partial charge is 0.213 e. The molecule has 2 aromatic rings. The lowest BCUT2D eigenvalue weighted by molar-refractivity contribution is 0.108. The molecule has 1 saturated heterocycles. The third-order valence-corrected chi connectivity index (χ3v) is 4.92. The minimum atomic E-state index is 0.0754. The van der Waals surface area contributed by atoms with Gasteiger partial charge < -0.3 is 10.1 Å². The van der Waals surface area contributed by atoms with Crippen molar-refractivity contribution in [2.75, 3.05) is 13.1 Å². The molecule has 3 nitrogen and oxygen atoms in total. The SMILES string of the molecule is C[C@@H](Oc1ccc(Cl)cn1)[C@@H]1CCNC[C@H]1c1ccc(Cl)cc1. The molecule has 1 aromatic carbocycles. The lowest BCUT2D eigenvalue weighted by Crippen LogP contribution is -2.41. The van der Waals surface area contributed by atoms with Gasteiger partial charge in [-0.2, -0.15) is 0 Å². The summed E-state index contributed by atoms with van der Waals surface area (Å²) >= 11 is 11.9. The van der Waals surface area contributed by atoms with Crippen LogP contribution in [0, 0.1) is 5.92 Å². The Morgan fingerprint density at radius 2 is 1.87 bits per heavy atom. The van der Waals surface area contributed by atoms with E-state index in [1.54, 1.807) is 12.3 Å². The largest absolute Gasteiger partial charge is 0.474 e. The van der Waals surface area contributed by atoms with E-state index < -0.39 is 0 Å². The van der Waals surface area contributed by atoms with E-state index in [0.29, 0.717) is 22.7 Å². The average Bonchev–Trinajstić information content (AvgIpc) is 2.58. The number of nitrogens with zero attached hydrogens (tertiary/aromatic N) is 1. The molecule has 0 radical (unpaired) electrons. The number of nitrogens with one attached hydrogen (secondary N) is 1. The highest BCUT2D eigenvalue weighted by molar-refractivity contribution is 6.30. The first-order valence-corrected chi connectivity index (χ1v) is 8.63. The zero-order valence-electron chi connectivity index (χ0n) is 13.0. The molecule has 3 rings (SSSR count). The Bertz CT molecular complexity index is 630. The van der Waals surface area contributed by atoms with Crippen molar-refractivity contribution in [3.8, 4) is 5.88 Å². The Hall–Kier alpha value is -1.29. The molecule has 1 aliphatic heterocycles. The second-order valence-corrected chi connectivity index (χ2v) is 6.83. The molecular weight excluding hydrogens is 331 g/mol. The molecule has 0 aliphatic carbocycles. The molecule has 1 fully saturated rings. The summed E-state index contributed by atoms with van der Waals surface area (Å²) in [6.45, 7) is 4.08. The van der Waals surface area contributed by atoms with Gasteiger partial charge in [0, 0.05) is 35.7 Å². The van der Waals surface area contributed by atoms with Crippen LogP contribution in [0.5, 0.6) is 5.88 Å². The van der Waals surface area contributed by atoms with Crippen molar-refractivity contribution in [1.82, 2.24) is 10.3 Å². The summed E-state index contributed by atoms with van der Waals surface area (Å²) in [7, 11) is 0. The van der Waals surface area contributed by atoms with E-state index in [-0.39, 0.29) is 6.10 Å². The van der Waals surface area contributed by atoms with Crippen LogP contribution in [0.15, 0.2) is 42.6 Å². The van der Waals surface area contributed by atoms with Crippen LogP contribution in [0.25, 0.3) is 0 Å². The first kappa shape index (κ1) is 16.6. The number of piperidine rings is 1. The number of ether oxygens (including phenoxy) is 1. The molecule has 0 spiro atoms. The van der Waals surface area contributed by atoms with E-state index >= 15 is 0 Å². The molecule has 23 heavy (non-hydrogen) atoms. The number of benzene rings is 1. The first-order chi connectivity index (χ1) is 11.1. The van der Waals surface area contributed by atoms with E-state index in [9.17, 15) is 0 Å². The van der Waals surface area contributed by atoms with E-state index in [0.717, 1.165) is 24.5 Å². The van der Waals surface area contributed by atoms with Crippen LogP contribution in [0.1, 0.15) is 24.8 Å². The van der Waals surface area contributed by atoms with Crippen LogP contribution in [0.3, 0.4) is 0 Å². The lowest BCUT2D eigenvalue weighted by atomic mass is 9.78. The van der Waals surface area contributed by atoms with Crippen molar-refractivity contribution < 1.29 is 4.74 Å². The van der Waals surface area contributed by atoms with Crippen molar-refractivity contribution >= 4 is 23.2 Å². The van der Waals surface area contributed by atoms with Gasteiger partial charge in [0.1, 0.15) is 6.10 Å². The van der Waals surface area contributed by atoms with Gasteiger partial charge in [0.15, 0.2) is 0 Å². The van der Waals surface area contributed by atoms with Gasteiger partial charge in [-0.1, -0.05) is 35.3 Å². The Kier molecular flexibility index (Phi) is 5.42. The molecule has 0 saturated carbocycles. The number of aromatic nitrogens is 1. The number of rotatable bonds is 4. The standard InChI is InChI=1S/C18H20Cl2N2O/c1-12(23-18-7-6-15(20)10-22-18)16-8-9-21-11-17(16)13-2-4-14(19)5-3-13/h2-7,10,12,16-17,21H,8-9,11H2,1H3/t12-,16+,17+/m1/s1. The fourth-order valence-electron chi connectivity index (χ4n) is 3.23. The van der Waals surface area contributed by atoms with E-state index in [1.807, 2.05) is 18.2 Å². The van der Waals surface area contributed by atoms with Crippen molar-refractivity contribution in [1.29, 1.82) is 0 Å². The molecule has 0 bridgehead atoms. The molecule has 0 unspecified atom stereocenters. The number of pyridine rings is 1. The van der Waals surface area contributed by atoms with Crippen molar-refractivity contribution in [2.24, 2.45) is 5.92 Å². The Balaban J connectivity index is 1.74. The van der Waals surface area contributed by atoms with E-state index in [4.69, 9.17) is 27.9 Å². The van der Waals surface area contributed by atoms with Gasteiger partial charge in [0.05, 0.1) is 5.02 Å². The molecule has 3 atom stereocenters. The number of hydrogen-bond donors (Lipinski definition) is 1. The average molecular weight is 351 g/mol. The third kappa shape index (κ3) is 4.17. The van der Waals surface area contributed by atoms with Crippen LogP contribution in [0.2, 0.25) is 10.0 Å². The molecular formula is C18H20Cl2N2O. The Labute approximate surface area is 147 Å². The molecule has 0 amide bonds. The molecule has 1 aromatic heterocycles. The van der Waals surface area contributed by atoms with Gasteiger partial charge in [0.2, 0.25) is 5.88 Å². The Morgan fingerprint density at radius 3 is 2.57 bits per heavy atom. The predicted octanol–water partition coefficient (Wildman–Crippen LogP) is 4.55. The predicted molar refractivity (Wildman–Crippen MR) is 94.5 cm³/mol. The van der Waals surface area contributed by atoms with Gasteiger partial charge in [-0.15, -0.1) is 0 Å². The quantitative estimate of drug-likeness (QED) is 0.878. The summed E-state index contributed by atoms with van der Waals surface area (Å²) in [5.41, 5.74) is 1.30. The second-order valence-electron chi connectivity index (χ2n) is 5.95. The maximum Gasteiger partial charge on any atom is 0.213 e. The summed E-state index contributed by atoms with van der Waals surface area (Å²) in [6.07, 6.45) is 2.76. The topological polar surface area (TPSA) is 34.1 Å². The Morgan fingerprint density at radius 1 is 1.13 bits per heavy atom. The minimum absolute atomic E-state index is 0.0754. The highest BCUT2D eigenvalue weighted by Gasteiger charge is 2.32. The van der Waals surface area contributed by atoms with Gasteiger partial charge in [-0.3, -0.25) is 0 Å². The zero-order valence-corrected chi connectivity index (χ0v) is 14.5. The first-order valence-electron chi connectivity index (χ1n) is 7.88. The van der Waals surface area contributed by atoms with Crippen molar-refractivity contribution in [2.45, 2.75) is 25.4 Å². The summed E-state index contributed by atoms with van der Waals surface area (Å²) in [5, 5.41) is 4.87. The molecule has 1 N–H and O–H groups in total. The fraction of sp³-hybridized carbons (Fsp3) is 0.389. The highest BCUT2D eigenvalue weighted by Crippen LogP contribution is 2.33. The summed E-state index contributed by atoms with van der Waals surface area (Å²) < 4.78 is 6.06. The van der Waals surface area contributed by atoms with Crippen molar-refractivity contribution in [3.05, 3.63) is 58.2 Å². The number of hydrogen-bond acceptors (Lipinski definition) is 3. The zero-order chi connectivity index (χ0) is 16.2. The molecule has 1 aliphatic rings. The minimum Gasteiger partial charge on any atom is -0.474 e. The molecule has 5 heteroatoms.